The number of imidazole rings is 1. The molecule has 0 spiro atoms. The van der Waals surface area contributed by atoms with E-state index in [1.54, 1.807) is 0 Å². The smallest absolute Gasteiger partial charge is 0.323 e. The summed E-state index contributed by atoms with van der Waals surface area (Å²) in [5.41, 5.74) is 1.95. The third-order valence-electron chi connectivity index (χ3n) is 2.97. The van der Waals surface area contributed by atoms with Crippen molar-refractivity contribution in [1.29, 1.82) is 0 Å². The van der Waals surface area contributed by atoms with Crippen molar-refractivity contribution >= 4 is 28.8 Å². The van der Waals surface area contributed by atoms with Crippen molar-refractivity contribution in [2.75, 3.05) is 18.9 Å². The average molecular weight is 307 g/mol. The molecule has 0 saturated heterocycles. The number of para-hydroxylation sites is 2. The third kappa shape index (κ3) is 4.47. The van der Waals surface area contributed by atoms with Gasteiger partial charge in [-0.25, -0.2) is 4.98 Å². The first-order valence-corrected chi connectivity index (χ1v) is 8.20. The van der Waals surface area contributed by atoms with Gasteiger partial charge in [0.05, 0.1) is 17.6 Å². The summed E-state index contributed by atoms with van der Waals surface area (Å²) >= 11 is 1.53. The van der Waals surface area contributed by atoms with Gasteiger partial charge in [0.25, 0.3) is 0 Å². The van der Waals surface area contributed by atoms with Crippen LogP contribution in [0.3, 0.4) is 0 Å². The monoisotopic (exact) mass is 307 g/mol. The Morgan fingerprint density at radius 1 is 1.43 bits per heavy atom. The van der Waals surface area contributed by atoms with Crippen molar-refractivity contribution in [2.45, 2.75) is 31.5 Å². The van der Waals surface area contributed by atoms with Crippen molar-refractivity contribution in [1.82, 2.24) is 15.3 Å². The number of benzene rings is 1. The fraction of sp³-hybridized carbons (Fsp3) is 0.467. The predicted octanol–water partition coefficient (Wildman–Crippen LogP) is 2.59. The van der Waals surface area contributed by atoms with Crippen LogP contribution in [0.5, 0.6) is 0 Å². The molecule has 0 amide bonds. The van der Waals surface area contributed by atoms with Gasteiger partial charge in [0.15, 0.2) is 5.16 Å². The van der Waals surface area contributed by atoms with Gasteiger partial charge < -0.3 is 15.0 Å². The quantitative estimate of drug-likeness (QED) is 0.579. The molecule has 5 nitrogen and oxygen atoms in total. The maximum absolute atomic E-state index is 11.9. The summed E-state index contributed by atoms with van der Waals surface area (Å²) in [5.74, 6) is 0.396. The van der Waals surface area contributed by atoms with E-state index in [9.17, 15) is 4.79 Å². The number of H-pyrrole nitrogens is 1. The first-order valence-electron chi connectivity index (χ1n) is 7.22. The molecule has 1 heterocycles. The zero-order valence-electron chi connectivity index (χ0n) is 12.4. The minimum atomic E-state index is -0.303. The minimum Gasteiger partial charge on any atom is -0.465 e. The summed E-state index contributed by atoms with van der Waals surface area (Å²) < 4.78 is 5.10. The second kappa shape index (κ2) is 8.05. The maximum atomic E-state index is 11.9. The fourth-order valence-corrected chi connectivity index (χ4v) is 2.86. The number of nitrogens with one attached hydrogen (secondary N) is 2. The molecule has 1 unspecified atom stereocenters. The van der Waals surface area contributed by atoms with E-state index in [0.717, 1.165) is 29.2 Å². The molecule has 0 aliphatic rings. The molecule has 0 bridgehead atoms. The van der Waals surface area contributed by atoms with Gasteiger partial charge in [-0.3, -0.25) is 4.79 Å². The molecule has 0 radical (unpaired) electrons. The van der Waals surface area contributed by atoms with E-state index >= 15 is 0 Å². The third-order valence-corrected chi connectivity index (χ3v) is 3.93. The summed E-state index contributed by atoms with van der Waals surface area (Å²) in [4.78, 5) is 19.7. The van der Waals surface area contributed by atoms with E-state index in [1.807, 2.05) is 31.2 Å². The normalized spacial score (nSPS) is 12.5. The number of rotatable bonds is 8. The van der Waals surface area contributed by atoms with Crippen LogP contribution in [0, 0.1) is 0 Å². The lowest BCUT2D eigenvalue weighted by atomic mass is 10.3. The Morgan fingerprint density at radius 2 is 2.24 bits per heavy atom. The topological polar surface area (TPSA) is 67.0 Å². The van der Waals surface area contributed by atoms with Gasteiger partial charge in [-0.2, -0.15) is 0 Å². The number of hydrogen-bond acceptors (Lipinski definition) is 5. The van der Waals surface area contributed by atoms with Crippen molar-refractivity contribution in [3.05, 3.63) is 24.3 Å². The van der Waals surface area contributed by atoms with Gasteiger partial charge in [0.2, 0.25) is 0 Å². The number of carbonyl (C=O) groups excluding carboxylic acids is 1. The van der Waals surface area contributed by atoms with Crippen LogP contribution in [0.15, 0.2) is 29.4 Å². The number of aromatic amines is 1. The number of nitrogens with zero attached hydrogens (tertiary/aromatic N) is 1. The zero-order valence-corrected chi connectivity index (χ0v) is 13.2. The van der Waals surface area contributed by atoms with E-state index in [-0.39, 0.29) is 12.0 Å². The van der Waals surface area contributed by atoms with E-state index in [0.29, 0.717) is 12.4 Å². The summed E-state index contributed by atoms with van der Waals surface area (Å²) in [6.07, 6.45) is 0.977. The molecule has 1 atom stereocenters. The van der Waals surface area contributed by atoms with Crippen LogP contribution in [0.2, 0.25) is 0 Å². The Labute approximate surface area is 128 Å². The molecule has 114 valence electrons. The number of carbonyl (C=O) groups is 1. The minimum absolute atomic E-state index is 0.199. The Balaban J connectivity index is 1.97. The molecule has 0 aliphatic carbocycles. The summed E-state index contributed by atoms with van der Waals surface area (Å²) in [6, 6.07) is 7.59. The summed E-state index contributed by atoms with van der Waals surface area (Å²) in [6.45, 7) is 5.09. The highest BCUT2D eigenvalue weighted by molar-refractivity contribution is 7.99. The van der Waals surface area contributed by atoms with Gasteiger partial charge in [-0.1, -0.05) is 30.8 Å². The second-order valence-corrected chi connectivity index (χ2v) is 5.64. The molecular formula is C15H21N3O2S. The number of fused-ring (bicyclic) bond motifs is 1. The van der Waals surface area contributed by atoms with Gasteiger partial charge in [-0.15, -0.1) is 0 Å². The van der Waals surface area contributed by atoms with Crippen LogP contribution in [-0.2, 0) is 9.53 Å². The molecule has 21 heavy (non-hydrogen) atoms. The standard InChI is InChI=1S/C15H21N3O2S/c1-3-9-16-13(14(19)20-4-2)10-21-15-17-11-7-5-6-8-12(11)18-15/h5-8,13,16H,3-4,9-10H2,1-2H3,(H,17,18). The molecule has 0 aliphatic heterocycles. The number of thioether (sulfide) groups is 1. The molecule has 2 aromatic rings. The molecule has 6 heteroatoms. The fourth-order valence-electron chi connectivity index (χ4n) is 1.93. The van der Waals surface area contributed by atoms with Crippen LogP contribution in [0.4, 0.5) is 0 Å². The van der Waals surface area contributed by atoms with Gasteiger partial charge in [0, 0.05) is 5.75 Å². The Bertz CT molecular complexity index is 552. The molecule has 2 rings (SSSR count). The lowest BCUT2D eigenvalue weighted by Crippen LogP contribution is -2.40. The number of esters is 1. The van der Waals surface area contributed by atoms with E-state index in [2.05, 4.69) is 22.2 Å². The average Bonchev–Trinajstić information content (AvgIpc) is 2.90. The SMILES string of the molecule is CCCNC(CSc1nc2ccccc2[nH]1)C(=O)OCC. The van der Waals surface area contributed by atoms with Crippen molar-refractivity contribution < 1.29 is 9.53 Å². The van der Waals surface area contributed by atoms with Crippen molar-refractivity contribution in [2.24, 2.45) is 0 Å². The zero-order chi connectivity index (χ0) is 15.1. The number of aromatic nitrogens is 2. The first-order chi connectivity index (χ1) is 10.2. The Kier molecular flexibility index (Phi) is 6.07. The van der Waals surface area contributed by atoms with Crippen molar-refractivity contribution in [3.63, 3.8) is 0 Å². The predicted molar refractivity (Wildman–Crippen MR) is 85.5 cm³/mol. The van der Waals surface area contributed by atoms with E-state index < -0.39 is 0 Å². The van der Waals surface area contributed by atoms with Crippen LogP contribution in [0.25, 0.3) is 11.0 Å². The highest BCUT2D eigenvalue weighted by Crippen LogP contribution is 2.20. The van der Waals surface area contributed by atoms with E-state index in [4.69, 9.17) is 4.74 Å². The van der Waals surface area contributed by atoms with Crippen LogP contribution in [0.1, 0.15) is 20.3 Å². The number of ether oxygens (including phenoxy) is 1. The first kappa shape index (κ1) is 15.9. The van der Waals surface area contributed by atoms with Crippen molar-refractivity contribution in [3.8, 4) is 0 Å². The molecular weight excluding hydrogens is 286 g/mol. The summed E-state index contributed by atoms with van der Waals surface area (Å²) in [7, 11) is 0. The van der Waals surface area contributed by atoms with E-state index in [1.165, 1.54) is 11.8 Å². The van der Waals surface area contributed by atoms with Gasteiger partial charge in [-0.05, 0) is 32.0 Å². The highest BCUT2D eigenvalue weighted by atomic mass is 32.2. The maximum Gasteiger partial charge on any atom is 0.323 e. The largest absolute Gasteiger partial charge is 0.465 e. The lowest BCUT2D eigenvalue weighted by molar-refractivity contribution is -0.144. The molecule has 0 saturated carbocycles. The molecule has 2 N–H and O–H groups in total. The van der Waals surface area contributed by atoms with Crippen LogP contribution >= 0.6 is 11.8 Å². The lowest BCUT2D eigenvalue weighted by Gasteiger charge is -2.15. The Hall–Kier alpha value is -1.53. The van der Waals surface area contributed by atoms with Gasteiger partial charge >= 0.3 is 5.97 Å². The molecule has 0 fully saturated rings. The Morgan fingerprint density at radius 3 is 2.95 bits per heavy atom. The van der Waals surface area contributed by atoms with Gasteiger partial charge in [0.1, 0.15) is 6.04 Å². The molecule has 1 aromatic carbocycles. The highest BCUT2D eigenvalue weighted by Gasteiger charge is 2.19. The molecule has 1 aromatic heterocycles. The van der Waals surface area contributed by atoms with Crippen LogP contribution < -0.4 is 5.32 Å². The van der Waals surface area contributed by atoms with Crippen LogP contribution in [-0.4, -0.2) is 40.9 Å². The summed E-state index contributed by atoms with van der Waals surface area (Å²) in [5, 5.41) is 4.04. The number of hydrogen-bond donors (Lipinski definition) is 2. The second-order valence-electron chi connectivity index (χ2n) is 4.63.